The molecule has 0 saturated heterocycles. The molecular formula is C15H13N3O2. The van der Waals surface area contributed by atoms with Gasteiger partial charge in [-0.3, -0.25) is 15.1 Å². The minimum absolute atomic E-state index is 0.00124. The Morgan fingerprint density at radius 1 is 1.35 bits per heavy atom. The molecule has 1 heterocycles. The van der Waals surface area contributed by atoms with E-state index in [1.165, 1.54) is 12.1 Å². The molecule has 5 nitrogen and oxygen atoms in total. The molecule has 1 aromatic carbocycles. The van der Waals surface area contributed by atoms with Gasteiger partial charge < -0.3 is 0 Å². The van der Waals surface area contributed by atoms with Crippen LogP contribution in [0.5, 0.6) is 0 Å². The number of pyridine rings is 1. The molecule has 0 aliphatic carbocycles. The summed E-state index contributed by atoms with van der Waals surface area (Å²) in [6.45, 7) is 3.57. The third kappa shape index (κ3) is 2.50. The van der Waals surface area contributed by atoms with Crippen molar-refractivity contribution >= 4 is 5.69 Å². The van der Waals surface area contributed by atoms with Crippen LogP contribution in [0.4, 0.5) is 5.69 Å². The lowest BCUT2D eigenvalue weighted by atomic mass is 9.81. The largest absolute Gasteiger partial charge is 0.270 e. The second-order valence-electron chi connectivity index (χ2n) is 4.97. The first-order valence-corrected chi connectivity index (χ1v) is 6.06. The molecule has 0 fully saturated rings. The molecule has 0 aliphatic heterocycles. The topological polar surface area (TPSA) is 79.8 Å². The van der Waals surface area contributed by atoms with Crippen LogP contribution in [0.2, 0.25) is 0 Å². The van der Waals surface area contributed by atoms with Crippen molar-refractivity contribution in [2.75, 3.05) is 0 Å². The standard InChI is InChI=1S/C15H13N3O2/c1-15(2,10-16)14-6-5-12(18(19)20)8-13(14)11-4-3-7-17-9-11/h3-9H,1-2H3. The Morgan fingerprint density at radius 3 is 2.65 bits per heavy atom. The van der Waals surface area contributed by atoms with Gasteiger partial charge in [0.1, 0.15) is 0 Å². The summed E-state index contributed by atoms with van der Waals surface area (Å²) in [5, 5.41) is 20.2. The van der Waals surface area contributed by atoms with Crippen LogP contribution < -0.4 is 0 Å². The van der Waals surface area contributed by atoms with Crippen LogP contribution in [0.15, 0.2) is 42.7 Å². The molecular weight excluding hydrogens is 254 g/mol. The third-order valence-corrected chi connectivity index (χ3v) is 3.14. The highest BCUT2D eigenvalue weighted by molar-refractivity contribution is 5.71. The molecule has 0 spiro atoms. The fraction of sp³-hybridized carbons (Fsp3) is 0.200. The maximum absolute atomic E-state index is 10.9. The second kappa shape index (κ2) is 5.10. The summed E-state index contributed by atoms with van der Waals surface area (Å²) < 4.78 is 0. The Kier molecular flexibility index (Phi) is 3.49. The minimum Gasteiger partial charge on any atom is -0.264 e. The Hall–Kier alpha value is -2.74. The van der Waals surface area contributed by atoms with E-state index in [0.717, 1.165) is 11.1 Å². The van der Waals surface area contributed by atoms with Crippen molar-refractivity contribution in [3.8, 4) is 17.2 Å². The maximum atomic E-state index is 10.9. The predicted octanol–water partition coefficient (Wildman–Crippen LogP) is 3.46. The van der Waals surface area contributed by atoms with Gasteiger partial charge in [0.05, 0.1) is 16.4 Å². The van der Waals surface area contributed by atoms with Crippen molar-refractivity contribution in [1.29, 1.82) is 5.26 Å². The molecule has 0 saturated carbocycles. The SMILES string of the molecule is CC(C)(C#N)c1ccc([N+](=O)[O-])cc1-c1cccnc1. The molecule has 1 aromatic heterocycles. The van der Waals surface area contributed by atoms with Crippen LogP contribution in [0.25, 0.3) is 11.1 Å². The Morgan fingerprint density at radius 2 is 2.10 bits per heavy atom. The molecule has 0 aliphatic rings. The number of hydrogen-bond donors (Lipinski definition) is 0. The van der Waals surface area contributed by atoms with E-state index in [4.69, 9.17) is 0 Å². The van der Waals surface area contributed by atoms with Crippen molar-refractivity contribution in [2.45, 2.75) is 19.3 Å². The van der Waals surface area contributed by atoms with Crippen molar-refractivity contribution in [3.63, 3.8) is 0 Å². The molecule has 0 bridgehead atoms. The van der Waals surface area contributed by atoms with Crippen LogP contribution in [0, 0.1) is 21.4 Å². The molecule has 5 heteroatoms. The summed E-state index contributed by atoms with van der Waals surface area (Å²) in [6, 6.07) is 10.4. The zero-order valence-electron chi connectivity index (χ0n) is 11.2. The fourth-order valence-electron chi connectivity index (χ4n) is 2.01. The summed E-state index contributed by atoms with van der Waals surface area (Å²) in [5.41, 5.74) is 1.44. The number of nitro groups is 1. The summed E-state index contributed by atoms with van der Waals surface area (Å²) >= 11 is 0. The number of rotatable bonds is 3. The van der Waals surface area contributed by atoms with Gasteiger partial charge in [0, 0.05) is 30.1 Å². The zero-order chi connectivity index (χ0) is 14.8. The van der Waals surface area contributed by atoms with Crippen molar-refractivity contribution < 1.29 is 4.92 Å². The molecule has 20 heavy (non-hydrogen) atoms. The molecule has 0 amide bonds. The average Bonchev–Trinajstić information content (AvgIpc) is 2.47. The molecule has 0 radical (unpaired) electrons. The van der Waals surface area contributed by atoms with E-state index >= 15 is 0 Å². The van der Waals surface area contributed by atoms with Gasteiger partial charge in [0.25, 0.3) is 5.69 Å². The number of nitro benzene ring substituents is 1. The fourth-order valence-corrected chi connectivity index (χ4v) is 2.01. The average molecular weight is 267 g/mol. The highest BCUT2D eigenvalue weighted by Crippen LogP contribution is 2.35. The van der Waals surface area contributed by atoms with Gasteiger partial charge in [0.15, 0.2) is 0 Å². The third-order valence-electron chi connectivity index (χ3n) is 3.14. The van der Waals surface area contributed by atoms with E-state index < -0.39 is 10.3 Å². The Balaban J connectivity index is 2.71. The molecule has 0 unspecified atom stereocenters. The first-order chi connectivity index (χ1) is 9.45. The van der Waals surface area contributed by atoms with Gasteiger partial charge in [-0.25, -0.2) is 0 Å². The highest BCUT2D eigenvalue weighted by Gasteiger charge is 2.25. The lowest BCUT2D eigenvalue weighted by Crippen LogP contribution is -2.15. The molecule has 0 atom stereocenters. The summed E-state index contributed by atoms with van der Waals surface area (Å²) in [7, 11) is 0. The van der Waals surface area contributed by atoms with Gasteiger partial charge >= 0.3 is 0 Å². The van der Waals surface area contributed by atoms with Crippen LogP contribution in [0.1, 0.15) is 19.4 Å². The quantitative estimate of drug-likeness (QED) is 0.630. The van der Waals surface area contributed by atoms with Crippen LogP contribution in [0.3, 0.4) is 0 Å². The lowest BCUT2D eigenvalue weighted by molar-refractivity contribution is -0.384. The normalized spacial score (nSPS) is 10.8. The van der Waals surface area contributed by atoms with E-state index in [1.807, 2.05) is 6.07 Å². The second-order valence-corrected chi connectivity index (χ2v) is 4.97. The first kappa shape index (κ1) is 13.7. The number of nitriles is 1. The minimum atomic E-state index is -0.736. The first-order valence-electron chi connectivity index (χ1n) is 6.06. The van der Waals surface area contributed by atoms with Gasteiger partial charge in [-0.05, 0) is 37.1 Å². The number of non-ortho nitro benzene ring substituents is 1. The molecule has 0 N–H and O–H groups in total. The van der Waals surface area contributed by atoms with Crippen molar-refractivity contribution in [2.24, 2.45) is 0 Å². The Bertz CT molecular complexity index is 688. The van der Waals surface area contributed by atoms with Crippen molar-refractivity contribution in [1.82, 2.24) is 4.98 Å². The molecule has 2 aromatic rings. The van der Waals surface area contributed by atoms with Gasteiger partial charge in [-0.15, -0.1) is 0 Å². The van der Waals surface area contributed by atoms with E-state index in [-0.39, 0.29) is 5.69 Å². The Labute approximate surface area is 116 Å². The number of benzene rings is 1. The summed E-state index contributed by atoms with van der Waals surface area (Å²) in [5.74, 6) is 0. The van der Waals surface area contributed by atoms with Gasteiger partial charge in [0.2, 0.25) is 0 Å². The molecule has 100 valence electrons. The monoisotopic (exact) mass is 267 g/mol. The van der Waals surface area contributed by atoms with Gasteiger partial charge in [-0.2, -0.15) is 5.26 Å². The highest BCUT2D eigenvalue weighted by atomic mass is 16.6. The van der Waals surface area contributed by atoms with Crippen LogP contribution in [-0.4, -0.2) is 9.91 Å². The lowest BCUT2D eigenvalue weighted by Gasteiger charge is -2.20. The predicted molar refractivity (Wildman–Crippen MR) is 75.0 cm³/mol. The molecule has 2 rings (SSSR count). The van der Waals surface area contributed by atoms with Crippen molar-refractivity contribution in [3.05, 3.63) is 58.4 Å². The summed E-state index contributed by atoms with van der Waals surface area (Å²) in [6.07, 6.45) is 3.27. The van der Waals surface area contributed by atoms with Crippen LogP contribution >= 0.6 is 0 Å². The number of hydrogen-bond acceptors (Lipinski definition) is 4. The smallest absolute Gasteiger partial charge is 0.264 e. The number of nitrogens with zero attached hydrogens (tertiary/aromatic N) is 3. The van der Waals surface area contributed by atoms with Crippen LogP contribution in [-0.2, 0) is 5.41 Å². The van der Waals surface area contributed by atoms with Gasteiger partial charge in [-0.1, -0.05) is 6.07 Å². The maximum Gasteiger partial charge on any atom is 0.270 e. The summed E-state index contributed by atoms with van der Waals surface area (Å²) in [4.78, 5) is 14.5. The van der Waals surface area contributed by atoms with E-state index in [9.17, 15) is 15.4 Å². The zero-order valence-corrected chi connectivity index (χ0v) is 11.2. The van der Waals surface area contributed by atoms with E-state index in [2.05, 4.69) is 11.1 Å². The van der Waals surface area contributed by atoms with E-state index in [1.54, 1.807) is 38.4 Å². The van der Waals surface area contributed by atoms with E-state index in [0.29, 0.717) is 5.56 Å². The number of aromatic nitrogens is 1.